The van der Waals surface area contributed by atoms with Gasteiger partial charge in [0, 0.05) is 25.5 Å². The highest BCUT2D eigenvalue weighted by Gasteiger charge is 2.76. The van der Waals surface area contributed by atoms with E-state index in [4.69, 9.17) is 9.57 Å². The van der Waals surface area contributed by atoms with E-state index in [1.807, 2.05) is 30.3 Å². The molecule has 0 aromatic heterocycles. The van der Waals surface area contributed by atoms with Crippen molar-refractivity contribution in [3.63, 3.8) is 0 Å². The van der Waals surface area contributed by atoms with Gasteiger partial charge in [-0.1, -0.05) is 30.3 Å². The third-order valence-electron chi connectivity index (χ3n) is 4.37. The molecule has 2 rings (SSSR count). The molecule has 0 saturated heterocycles. The molecule has 6 nitrogen and oxygen atoms in total. The molecular formula is C18H25NO5. The topological polar surface area (TPSA) is 76.1 Å². The second kappa shape index (κ2) is 6.53. The number of rotatable bonds is 5. The summed E-state index contributed by atoms with van der Waals surface area (Å²) in [6, 6.07) is 9.23. The van der Waals surface area contributed by atoms with Crippen LogP contribution in [0.15, 0.2) is 30.3 Å². The standard InChI is InChI=1S/C18H25NO5/c1-17(2,3)24-16(22)18(15(21)19(4)23-5)13(11-20)14(18)12-9-7-6-8-10-12/h6-10,13-14,20H,11H2,1-5H3. The highest BCUT2D eigenvalue weighted by Crippen LogP contribution is 2.66. The molecule has 132 valence electrons. The van der Waals surface area contributed by atoms with Crippen LogP contribution >= 0.6 is 0 Å². The fraction of sp³-hybridized carbons (Fsp3) is 0.556. The van der Waals surface area contributed by atoms with Crippen LogP contribution < -0.4 is 0 Å². The van der Waals surface area contributed by atoms with E-state index in [1.165, 1.54) is 14.2 Å². The number of carbonyl (C=O) groups excluding carboxylic acids is 2. The molecule has 0 radical (unpaired) electrons. The van der Waals surface area contributed by atoms with Crippen LogP contribution in [0, 0.1) is 11.3 Å². The molecule has 1 saturated carbocycles. The highest BCUT2D eigenvalue weighted by molar-refractivity contribution is 6.08. The van der Waals surface area contributed by atoms with Gasteiger partial charge < -0.3 is 9.84 Å². The monoisotopic (exact) mass is 335 g/mol. The molecule has 1 aliphatic carbocycles. The van der Waals surface area contributed by atoms with Crippen molar-refractivity contribution in [2.45, 2.75) is 32.3 Å². The second-order valence-corrected chi connectivity index (χ2v) is 7.03. The maximum atomic E-state index is 12.9. The van der Waals surface area contributed by atoms with E-state index >= 15 is 0 Å². The van der Waals surface area contributed by atoms with Gasteiger partial charge in [-0.25, -0.2) is 5.06 Å². The zero-order valence-corrected chi connectivity index (χ0v) is 14.8. The number of hydroxylamine groups is 2. The summed E-state index contributed by atoms with van der Waals surface area (Å²) in [4.78, 5) is 30.8. The van der Waals surface area contributed by atoms with Gasteiger partial charge in [0.15, 0.2) is 5.41 Å². The fourth-order valence-electron chi connectivity index (χ4n) is 3.23. The SMILES string of the molecule is CON(C)C(=O)C1(C(=O)OC(C)(C)C)C(CO)C1c1ccccc1. The van der Waals surface area contributed by atoms with Crippen LogP contribution in [-0.4, -0.2) is 48.4 Å². The largest absolute Gasteiger partial charge is 0.459 e. The number of amides is 1. The Hall–Kier alpha value is -1.92. The van der Waals surface area contributed by atoms with Gasteiger partial charge in [0.1, 0.15) is 5.60 Å². The molecule has 1 aromatic rings. The number of aliphatic hydroxyl groups is 1. The Morgan fingerprint density at radius 3 is 2.29 bits per heavy atom. The van der Waals surface area contributed by atoms with Crippen molar-refractivity contribution in [1.29, 1.82) is 0 Å². The summed E-state index contributed by atoms with van der Waals surface area (Å²) in [5, 5.41) is 10.8. The maximum absolute atomic E-state index is 12.9. The van der Waals surface area contributed by atoms with Gasteiger partial charge >= 0.3 is 5.97 Å². The molecule has 0 bridgehead atoms. The predicted octanol–water partition coefficient (Wildman–Crippen LogP) is 1.74. The molecule has 1 amide bonds. The number of aliphatic hydroxyl groups excluding tert-OH is 1. The minimum atomic E-state index is -1.46. The van der Waals surface area contributed by atoms with Crippen molar-refractivity contribution < 1.29 is 24.3 Å². The molecule has 6 heteroatoms. The average Bonchev–Trinajstić information content (AvgIpc) is 3.22. The summed E-state index contributed by atoms with van der Waals surface area (Å²) >= 11 is 0. The number of benzene rings is 1. The van der Waals surface area contributed by atoms with Crippen molar-refractivity contribution in [3.8, 4) is 0 Å². The van der Waals surface area contributed by atoms with Gasteiger partial charge in [-0.3, -0.25) is 14.4 Å². The first-order valence-corrected chi connectivity index (χ1v) is 7.91. The predicted molar refractivity (Wildman–Crippen MR) is 87.8 cm³/mol. The molecule has 24 heavy (non-hydrogen) atoms. The van der Waals surface area contributed by atoms with Crippen molar-refractivity contribution in [2.24, 2.45) is 11.3 Å². The van der Waals surface area contributed by atoms with E-state index in [-0.39, 0.29) is 6.61 Å². The Bertz CT molecular complexity index is 610. The molecule has 0 heterocycles. The first kappa shape index (κ1) is 18.4. The summed E-state index contributed by atoms with van der Waals surface area (Å²) in [5.41, 5.74) is -1.38. The van der Waals surface area contributed by atoms with Crippen LogP contribution in [0.25, 0.3) is 0 Å². The summed E-state index contributed by atoms with van der Waals surface area (Å²) in [6.45, 7) is 4.95. The quantitative estimate of drug-likeness (QED) is 0.504. The van der Waals surface area contributed by atoms with E-state index in [1.54, 1.807) is 20.8 Å². The van der Waals surface area contributed by atoms with E-state index in [9.17, 15) is 14.7 Å². The fourth-order valence-corrected chi connectivity index (χ4v) is 3.23. The van der Waals surface area contributed by atoms with Gasteiger partial charge in [0.05, 0.1) is 7.11 Å². The van der Waals surface area contributed by atoms with Crippen molar-refractivity contribution in [2.75, 3.05) is 20.8 Å². The Balaban J connectivity index is 2.48. The van der Waals surface area contributed by atoms with Crippen LogP contribution in [0.3, 0.4) is 0 Å². The molecule has 3 atom stereocenters. The number of esters is 1. The highest BCUT2D eigenvalue weighted by atomic mass is 16.7. The maximum Gasteiger partial charge on any atom is 0.323 e. The number of hydrogen-bond donors (Lipinski definition) is 1. The van der Waals surface area contributed by atoms with Crippen molar-refractivity contribution in [1.82, 2.24) is 5.06 Å². The summed E-state index contributed by atoms with van der Waals surface area (Å²) in [7, 11) is 2.80. The molecule has 1 fully saturated rings. The van der Waals surface area contributed by atoms with Gasteiger partial charge in [-0.05, 0) is 26.3 Å². The second-order valence-electron chi connectivity index (χ2n) is 7.03. The van der Waals surface area contributed by atoms with Crippen LogP contribution in [0.4, 0.5) is 0 Å². The molecule has 0 aliphatic heterocycles. The van der Waals surface area contributed by atoms with E-state index < -0.39 is 34.7 Å². The summed E-state index contributed by atoms with van der Waals surface area (Å²) < 4.78 is 5.51. The number of nitrogens with zero attached hydrogens (tertiary/aromatic N) is 1. The van der Waals surface area contributed by atoms with Crippen LogP contribution in [-0.2, 0) is 19.2 Å². The third kappa shape index (κ3) is 3.03. The van der Waals surface area contributed by atoms with E-state index in [0.29, 0.717) is 0 Å². The lowest BCUT2D eigenvalue weighted by molar-refractivity contribution is -0.186. The minimum Gasteiger partial charge on any atom is -0.459 e. The number of hydrogen-bond acceptors (Lipinski definition) is 5. The normalized spacial score (nSPS) is 25.9. The van der Waals surface area contributed by atoms with Gasteiger partial charge in [0.2, 0.25) is 0 Å². The lowest BCUT2D eigenvalue weighted by atomic mass is 9.97. The van der Waals surface area contributed by atoms with Gasteiger partial charge in [0.25, 0.3) is 5.91 Å². The Morgan fingerprint density at radius 2 is 1.83 bits per heavy atom. The smallest absolute Gasteiger partial charge is 0.323 e. The Morgan fingerprint density at radius 1 is 1.25 bits per heavy atom. The van der Waals surface area contributed by atoms with Gasteiger partial charge in [-0.15, -0.1) is 0 Å². The molecule has 1 aliphatic rings. The molecule has 1 aromatic carbocycles. The van der Waals surface area contributed by atoms with Crippen molar-refractivity contribution in [3.05, 3.63) is 35.9 Å². The van der Waals surface area contributed by atoms with Crippen molar-refractivity contribution >= 4 is 11.9 Å². The molecular weight excluding hydrogens is 310 g/mol. The lowest BCUT2D eigenvalue weighted by Gasteiger charge is -2.26. The van der Waals surface area contributed by atoms with E-state index in [2.05, 4.69) is 0 Å². The summed E-state index contributed by atoms with van der Waals surface area (Å²) in [5.74, 6) is -2.12. The van der Waals surface area contributed by atoms with Gasteiger partial charge in [-0.2, -0.15) is 0 Å². The summed E-state index contributed by atoms with van der Waals surface area (Å²) in [6.07, 6.45) is 0. The third-order valence-corrected chi connectivity index (χ3v) is 4.37. The van der Waals surface area contributed by atoms with Crippen LogP contribution in [0.1, 0.15) is 32.3 Å². The minimum absolute atomic E-state index is 0.290. The lowest BCUT2D eigenvalue weighted by Crippen LogP contribution is -2.43. The number of carbonyl (C=O) groups is 2. The average molecular weight is 335 g/mol. The first-order valence-electron chi connectivity index (χ1n) is 7.91. The molecule has 0 spiro atoms. The molecule has 1 N–H and O–H groups in total. The zero-order valence-electron chi connectivity index (χ0n) is 14.8. The zero-order chi connectivity index (χ0) is 18.1. The van der Waals surface area contributed by atoms with E-state index in [0.717, 1.165) is 10.6 Å². The number of ether oxygens (including phenoxy) is 1. The van der Waals surface area contributed by atoms with Crippen LogP contribution in [0.5, 0.6) is 0 Å². The first-order chi connectivity index (χ1) is 11.2. The Kier molecular flexibility index (Phi) is 5.01. The van der Waals surface area contributed by atoms with Crippen LogP contribution in [0.2, 0.25) is 0 Å². The Labute approximate surface area is 142 Å². The molecule has 3 unspecified atom stereocenters.